The van der Waals surface area contributed by atoms with Crippen LogP contribution < -0.4 is 11.1 Å². The fourth-order valence-electron chi connectivity index (χ4n) is 2.50. The molecular weight excluding hydrogens is 307 g/mol. The summed E-state index contributed by atoms with van der Waals surface area (Å²) in [5.74, 6) is -0.842. The molecule has 0 radical (unpaired) electrons. The number of anilines is 1. The second kappa shape index (κ2) is 7.55. The molecule has 0 bridgehead atoms. The molecule has 0 aliphatic rings. The molecule has 0 aliphatic carbocycles. The number of benzene rings is 1. The number of amides is 1. The maximum atomic E-state index is 13.0. The second-order valence-electron chi connectivity index (χ2n) is 5.73. The van der Waals surface area contributed by atoms with Gasteiger partial charge in [0, 0.05) is 12.2 Å². The molecule has 0 aliphatic heterocycles. The van der Waals surface area contributed by atoms with E-state index in [2.05, 4.69) is 16.4 Å². The van der Waals surface area contributed by atoms with E-state index in [9.17, 15) is 14.4 Å². The molecule has 1 heterocycles. The van der Waals surface area contributed by atoms with Gasteiger partial charge in [0.2, 0.25) is 5.91 Å². The summed E-state index contributed by atoms with van der Waals surface area (Å²) in [5, 5.41) is 12.3. The van der Waals surface area contributed by atoms with Crippen LogP contribution in [0.4, 0.5) is 10.2 Å². The van der Waals surface area contributed by atoms with Gasteiger partial charge in [-0.15, -0.1) is 0 Å². The monoisotopic (exact) mass is 326 g/mol. The minimum atomic E-state index is -0.496. The van der Waals surface area contributed by atoms with Crippen LogP contribution in [0.15, 0.2) is 30.3 Å². The van der Waals surface area contributed by atoms with E-state index in [1.54, 1.807) is 12.1 Å². The molecule has 0 unspecified atom stereocenters. The number of nitrogens with one attached hydrogen (secondary N) is 1. The van der Waals surface area contributed by atoms with Crippen LogP contribution in [0, 0.1) is 36.9 Å². The highest BCUT2D eigenvalue weighted by molar-refractivity contribution is 5.77. The molecule has 6 heteroatoms. The first-order chi connectivity index (χ1) is 11.4. The van der Waals surface area contributed by atoms with Crippen LogP contribution >= 0.6 is 0 Å². The Kier molecular flexibility index (Phi) is 5.48. The Morgan fingerprint density at radius 2 is 2.04 bits per heavy atom. The Bertz CT molecular complexity index is 781. The molecule has 2 aromatic rings. The molecular formula is C18H19FN4O. The van der Waals surface area contributed by atoms with E-state index in [0.29, 0.717) is 17.8 Å². The fraction of sp³-hybridized carbons (Fsp3) is 0.278. The molecule has 0 saturated carbocycles. The number of nitrogens with two attached hydrogens (primary N) is 1. The summed E-state index contributed by atoms with van der Waals surface area (Å²) in [4.78, 5) is 16.0. The van der Waals surface area contributed by atoms with E-state index in [1.165, 1.54) is 12.1 Å². The second-order valence-corrected chi connectivity index (χ2v) is 5.73. The number of halogens is 1. The number of aryl methyl sites for hydroxylation is 2. The Morgan fingerprint density at radius 3 is 2.62 bits per heavy atom. The normalized spacial score (nSPS) is 11.6. The summed E-state index contributed by atoms with van der Waals surface area (Å²) >= 11 is 0. The van der Waals surface area contributed by atoms with Crippen molar-refractivity contribution < 1.29 is 9.18 Å². The van der Waals surface area contributed by atoms with Gasteiger partial charge in [-0.1, -0.05) is 12.1 Å². The van der Waals surface area contributed by atoms with Crippen LogP contribution in [0.25, 0.3) is 0 Å². The smallest absolute Gasteiger partial charge is 0.222 e. The lowest BCUT2D eigenvalue weighted by atomic mass is 9.98. The summed E-state index contributed by atoms with van der Waals surface area (Å²) in [6.45, 7) is 3.92. The van der Waals surface area contributed by atoms with Gasteiger partial charge in [-0.2, -0.15) is 5.26 Å². The first-order valence-electron chi connectivity index (χ1n) is 7.56. The minimum absolute atomic E-state index is 0.247. The van der Waals surface area contributed by atoms with Crippen molar-refractivity contribution in [1.82, 2.24) is 4.98 Å². The molecule has 1 aromatic heterocycles. The van der Waals surface area contributed by atoms with E-state index in [0.717, 1.165) is 16.8 Å². The number of nitriles is 1. The zero-order valence-corrected chi connectivity index (χ0v) is 13.6. The molecule has 124 valence electrons. The number of rotatable bonds is 6. The Balaban J connectivity index is 2.14. The van der Waals surface area contributed by atoms with Crippen molar-refractivity contribution in [3.8, 4) is 6.07 Å². The van der Waals surface area contributed by atoms with E-state index in [-0.39, 0.29) is 12.4 Å². The minimum Gasteiger partial charge on any atom is -0.369 e. The molecule has 0 fully saturated rings. The Hall–Kier alpha value is -2.94. The summed E-state index contributed by atoms with van der Waals surface area (Å²) in [5.41, 5.74) is 8.34. The lowest BCUT2D eigenvalue weighted by Gasteiger charge is -2.16. The predicted molar refractivity (Wildman–Crippen MR) is 89.7 cm³/mol. The Labute approximate surface area is 140 Å². The van der Waals surface area contributed by atoms with Gasteiger partial charge in [0.25, 0.3) is 0 Å². The molecule has 24 heavy (non-hydrogen) atoms. The number of carbonyl (C=O) groups is 1. The third kappa shape index (κ3) is 4.29. The van der Waals surface area contributed by atoms with Gasteiger partial charge in [0.05, 0.1) is 11.5 Å². The van der Waals surface area contributed by atoms with Crippen molar-refractivity contribution in [2.75, 3.05) is 11.9 Å². The van der Waals surface area contributed by atoms with Crippen LogP contribution in [0.2, 0.25) is 0 Å². The third-order valence-electron chi connectivity index (χ3n) is 3.77. The number of nitrogens with zero attached hydrogens (tertiary/aromatic N) is 2. The van der Waals surface area contributed by atoms with Crippen LogP contribution in [0.3, 0.4) is 0 Å². The van der Waals surface area contributed by atoms with Crippen molar-refractivity contribution in [2.45, 2.75) is 20.3 Å². The predicted octanol–water partition coefficient (Wildman–Crippen LogP) is 2.47. The standard InChI is InChI=1S/C18H19FN4O/c1-11-7-12(2)23-18(16(11)9-20)22-10-14(17(21)24)8-13-3-5-15(19)6-4-13/h3-7,14H,8,10H2,1-2H3,(H2,21,24)(H,22,23)/t14-/m0/s1. The number of primary amides is 1. The van der Waals surface area contributed by atoms with E-state index in [1.807, 2.05) is 19.9 Å². The van der Waals surface area contributed by atoms with Crippen molar-refractivity contribution in [3.63, 3.8) is 0 Å². The van der Waals surface area contributed by atoms with Gasteiger partial charge in [-0.05, 0) is 49.6 Å². The number of aromatic nitrogens is 1. The lowest BCUT2D eigenvalue weighted by Crippen LogP contribution is -2.31. The maximum absolute atomic E-state index is 13.0. The lowest BCUT2D eigenvalue weighted by molar-refractivity contribution is -0.121. The fourth-order valence-corrected chi connectivity index (χ4v) is 2.50. The molecule has 1 amide bonds. The van der Waals surface area contributed by atoms with Gasteiger partial charge in [-0.3, -0.25) is 4.79 Å². The molecule has 2 rings (SSSR count). The van der Waals surface area contributed by atoms with Gasteiger partial charge in [0.15, 0.2) is 0 Å². The largest absolute Gasteiger partial charge is 0.369 e. The number of pyridine rings is 1. The van der Waals surface area contributed by atoms with Gasteiger partial charge in [0.1, 0.15) is 17.7 Å². The summed E-state index contributed by atoms with van der Waals surface area (Å²) in [6.07, 6.45) is 0.384. The van der Waals surface area contributed by atoms with Crippen molar-refractivity contribution in [3.05, 3.63) is 58.5 Å². The average molecular weight is 326 g/mol. The average Bonchev–Trinajstić information content (AvgIpc) is 2.52. The van der Waals surface area contributed by atoms with Gasteiger partial charge < -0.3 is 11.1 Å². The summed E-state index contributed by atoms with van der Waals surface area (Å²) in [6, 6.07) is 9.89. The van der Waals surface area contributed by atoms with Gasteiger partial charge in [-0.25, -0.2) is 9.37 Å². The maximum Gasteiger partial charge on any atom is 0.222 e. The Morgan fingerprint density at radius 1 is 1.38 bits per heavy atom. The van der Waals surface area contributed by atoms with Crippen LogP contribution in [-0.2, 0) is 11.2 Å². The van der Waals surface area contributed by atoms with E-state index >= 15 is 0 Å². The van der Waals surface area contributed by atoms with Gasteiger partial charge >= 0.3 is 0 Å². The van der Waals surface area contributed by atoms with Crippen LogP contribution in [-0.4, -0.2) is 17.4 Å². The van der Waals surface area contributed by atoms with E-state index < -0.39 is 11.8 Å². The zero-order chi connectivity index (χ0) is 17.7. The molecule has 0 spiro atoms. The first-order valence-corrected chi connectivity index (χ1v) is 7.56. The molecule has 1 aromatic carbocycles. The number of hydrogen-bond donors (Lipinski definition) is 2. The highest BCUT2D eigenvalue weighted by Gasteiger charge is 2.18. The van der Waals surface area contributed by atoms with Crippen molar-refractivity contribution in [2.24, 2.45) is 11.7 Å². The number of carbonyl (C=O) groups excluding carboxylic acids is 1. The number of hydrogen-bond acceptors (Lipinski definition) is 4. The van der Waals surface area contributed by atoms with Crippen LogP contribution in [0.1, 0.15) is 22.4 Å². The van der Waals surface area contributed by atoms with Crippen molar-refractivity contribution >= 4 is 11.7 Å². The molecule has 5 nitrogen and oxygen atoms in total. The molecule has 1 atom stereocenters. The first kappa shape index (κ1) is 17.4. The van der Waals surface area contributed by atoms with Crippen LogP contribution in [0.5, 0.6) is 0 Å². The van der Waals surface area contributed by atoms with Crippen molar-refractivity contribution in [1.29, 1.82) is 5.26 Å². The quantitative estimate of drug-likeness (QED) is 0.853. The van der Waals surface area contributed by atoms with E-state index in [4.69, 9.17) is 5.73 Å². The SMILES string of the molecule is Cc1cc(C)c(C#N)c(NC[C@H](Cc2ccc(F)cc2)C(N)=O)n1. The highest BCUT2D eigenvalue weighted by Crippen LogP contribution is 2.18. The highest BCUT2D eigenvalue weighted by atomic mass is 19.1. The zero-order valence-electron chi connectivity index (χ0n) is 13.6. The topological polar surface area (TPSA) is 91.8 Å². The molecule has 0 saturated heterocycles. The summed E-state index contributed by atoms with van der Waals surface area (Å²) < 4.78 is 13.0. The molecule has 3 N–H and O–H groups in total. The third-order valence-corrected chi connectivity index (χ3v) is 3.77. The summed E-state index contributed by atoms with van der Waals surface area (Å²) in [7, 11) is 0.